The summed E-state index contributed by atoms with van der Waals surface area (Å²) in [6, 6.07) is 14.7. The Labute approximate surface area is 197 Å². The van der Waals surface area contributed by atoms with Crippen molar-refractivity contribution in [2.24, 2.45) is 4.99 Å². The van der Waals surface area contributed by atoms with Gasteiger partial charge in [0.2, 0.25) is 10.0 Å². The summed E-state index contributed by atoms with van der Waals surface area (Å²) in [5.41, 5.74) is 2.14. The second kappa shape index (κ2) is 12.8. The zero-order valence-electron chi connectivity index (χ0n) is 17.9. The SMILES string of the molecule is CCOc1ccc(CN(C)C(=NC)NCCNS(=O)(=O)c2ccc(C)cc2)cc1.I. The minimum absolute atomic E-state index is 0. The number of hydrogen-bond acceptors (Lipinski definition) is 4. The number of halogens is 1. The van der Waals surface area contributed by atoms with Crippen LogP contribution in [0.15, 0.2) is 58.4 Å². The molecule has 0 aliphatic rings. The molecule has 2 aromatic rings. The monoisotopic (exact) mass is 546 g/mol. The number of nitrogens with zero attached hydrogens (tertiary/aromatic N) is 2. The summed E-state index contributed by atoms with van der Waals surface area (Å²) in [4.78, 5) is 6.50. The maximum Gasteiger partial charge on any atom is 0.240 e. The van der Waals surface area contributed by atoms with E-state index in [1.165, 1.54) is 0 Å². The Bertz CT molecular complexity index is 901. The molecule has 0 radical (unpaired) electrons. The first kappa shape index (κ1) is 26.2. The molecule has 0 unspecified atom stereocenters. The van der Waals surface area contributed by atoms with Gasteiger partial charge in [-0.15, -0.1) is 24.0 Å². The molecule has 0 aromatic heterocycles. The van der Waals surface area contributed by atoms with Gasteiger partial charge in [-0.1, -0.05) is 29.8 Å². The zero-order chi connectivity index (χ0) is 21.3. The van der Waals surface area contributed by atoms with Crippen LogP contribution < -0.4 is 14.8 Å². The van der Waals surface area contributed by atoms with Gasteiger partial charge in [-0.25, -0.2) is 13.1 Å². The van der Waals surface area contributed by atoms with E-state index in [2.05, 4.69) is 15.0 Å². The highest BCUT2D eigenvalue weighted by Gasteiger charge is 2.13. The number of sulfonamides is 1. The maximum absolute atomic E-state index is 12.3. The fourth-order valence-corrected chi connectivity index (χ4v) is 3.78. The first-order chi connectivity index (χ1) is 13.9. The average Bonchev–Trinajstić information content (AvgIpc) is 2.70. The average molecular weight is 546 g/mol. The third-order valence-corrected chi connectivity index (χ3v) is 5.74. The smallest absolute Gasteiger partial charge is 0.240 e. The third-order valence-electron chi connectivity index (χ3n) is 4.26. The second-order valence-electron chi connectivity index (χ2n) is 6.62. The van der Waals surface area contributed by atoms with Crippen LogP contribution in [0.4, 0.5) is 0 Å². The van der Waals surface area contributed by atoms with E-state index < -0.39 is 10.0 Å². The Morgan fingerprint density at radius 3 is 2.27 bits per heavy atom. The summed E-state index contributed by atoms with van der Waals surface area (Å²) in [6.07, 6.45) is 0. The van der Waals surface area contributed by atoms with Gasteiger partial charge >= 0.3 is 0 Å². The summed E-state index contributed by atoms with van der Waals surface area (Å²) < 4.78 is 32.7. The van der Waals surface area contributed by atoms with E-state index >= 15 is 0 Å². The van der Waals surface area contributed by atoms with Crippen LogP contribution in [0.1, 0.15) is 18.1 Å². The predicted octanol–water partition coefficient (Wildman–Crippen LogP) is 3.00. The van der Waals surface area contributed by atoms with Gasteiger partial charge in [0.15, 0.2) is 5.96 Å². The molecule has 30 heavy (non-hydrogen) atoms. The van der Waals surface area contributed by atoms with Crippen LogP contribution in [0.3, 0.4) is 0 Å². The molecular weight excluding hydrogens is 515 g/mol. The number of ether oxygens (including phenoxy) is 1. The van der Waals surface area contributed by atoms with Crippen molar-refractivity contribution in [1.82, 2.24) is 14.9 Å². The number of hydrogen-bond donors (Lipinski definition) is 2. The molecule has 2 rings (SSSR count). The number of guanidine groups is 1. The van der Waals surface area contributed by atoms with Crippen molar-refractivity contribution in [3.05, 3.63) is 59.7 Å². The molecule has 0 heterocycles. The van der Waals surface area contributed by atoms with E-state index in [-0.39, 0.29) is 35.4 Å². The van der Waals surface area contributed by atoms with Crippen LogP contribution in [-0.4, -0.2) is 53.1 Å². The molecule has 0 saturated heterocycles. The van der Waals surface area contributed by atoms with Crippen molar-refractivity contribution >= 4 is 40.0 Å². The Morgan fingerprint density at radius 1 is 1.07 bits per heavy atom. The van der Waals surface area contributed by atoms with E-state index in [4.69, 9.17) is 4.74 Å². The Kier molecular flexibility index (Phi) is 11.1. The standard InChI is InChI=1S/C21H30N4O3S.HI/c1-5-28-19-10-8-18(9-11-19)16-25(4)21(22-3)23-14-15-24-29(26,27)20-12-6-17(2)7-13-20;/h6-13,24H,5,14-16H2,1-4H3,(H,22,23);1H. The zero-order valence-corrected chi connectivity index (χ0v) is 21.0. The first-order valence-corrected chi connectivity index (χ1v) is 11.0. The van der Waals surface area contributed by atoms with Gasteiger partial charge in [0.1, 0.15) is 5.75 Å². The van der Waals surface area contributed by atoms with Gasteiger partial charge in [-0.05, 0) is 43.7 Å². The first-order valence-electron chi connectivity index (χ1n) is 9.55. The molecule has 0 aliphatic carbocycles. The van der Waals surface area contributed by atoms with Crippen molar-refractivity contribution in [2.45, 2.75) is 25.3 Å². The Balaban J connectivity index is 0.00000450. The number of aryl methyl sites for hydroxylation is 1. The normalized spacial score (nSPS) is 11.5. The van der Waals surface area contributed by atoms with E-state index in [9.17, 15) is 8.42 Å². The summed E-state index contributed by atoms with van der Waals surface area (Å²) in [5, 5.41) is 3.18. The van der Waals surface area contributed by atoms with Gasteiger partial charge in [-0.2, -0.15) is 0 Å². The van der Waals surface area contributed by atoms with Gasteiger partial charge in [-0.3, -0.25) is 4.99 Å². The highest BCUT2D eigenvalue weighted by Crippen LogP contribution is 2.13. The van der Waals surface area contributed by atoms with Crippen LogP contribution in [0.5, 0.6) is 5.75 Å². The largest absolute Gasteiger partial charge is 0.494 e. The van der Waals surface area contributed by atoms with Crippen molar-refractivity contribution in [3.63, 3.8) is 0 Å². The minimum atomic E-state index is -3.51. The van der Waals surface area contributed by atoms with Crippen molar-refractivity contribution in [3.8, 4) is 5.75 Å². The number of nitrogens with one attached hydrogen (secondary N) is 2. The Morgan fingerprint density at radius 2 is 1.70 bits per heavy atom. The van der Waals surface area contributed by atoms with E-state index in [0.717, 1.165) is 16.9 Å². The fourth-order valence-electron chi connectivity index (χ4n) is 2.75. The lowest BCUT2D eigenvalue weighted by molar-refractivity contribution is 0.340. The molecule has 0 aliphatic heterocycles. The van der Waals surface area contributed by atoms with Crippen LogP contribution in [0.25, 0.3) is 0 Å². The van der Waals surface area contributed by atoms with Crippen LogP contribution in [0.2, 0.25) is 0 Å². The molecule has 9 heteroatoms. The maximum atomic E-state index is 12.3. The molecule has 0 amide bonds. The van der Waals surface area contributed by atoms with Crippen molar-refractivity contribution in [1.29, 1.82) is 0 Å². The predicted molar refractivity (Wildman–Crippen MR) is 132 cm³/mol. The quantitative estimate of drug-likeness (QED) is 0.219. The van der Waals surface area contributed by atoms with Gasteiger partial charge < -0.3 is 15.0 Å². The highest BCUT2D eigenvalue weighted by atomic mass is 127. The molecule has 166 valence electrons. The lowest BCUT2D eigenvalue weighted by Crippen LogP contribution is -2.42. The summed E-state index contributed by atoms with van der Waals surface area (Å²) >= 11 is 0. The highest BCUT2D eigenvalue weighted by molar-refractivity contribution is 14.0. The van der Waals surface area contributed by atoms with Gasteiger partial charge in [0.25, 0.3) is 0 Å². The van der Waals surface area contributed by atoms with Gasteiger partial charge in [0.05, 0.1) is 11.5 Å². The summed E-state index contributed by atoms with van der Waals surface area (Å²) in [6.45, 7) is 5.86. The number of aliphatic imine (C=N–C) groups is 1. The lowest BCUT2D eigenvalue weighted by atomic mass is 10.2. The van der Waals surface area contributed by atoms with E-state index in [1.54, 1.807) is 31.3 Å². The van der Waals surface area contributed by atoms with Crippen LogP contribution >= 0.6 is 24.0 Å². The van der Waals surface area contributed by atoms with Crippen molar-refractivity contribution < 1.29 is 13.2 Å². The molecule has 2 N–H and O–H groups in total. The minimum Gasteiger partial charge on any atom is -0.494 e. The molecule has 7 nitrogen and oxygen atoms in total. The molecule has 0 saturated carbocycles. The van der Waals surface area contributed by atoms with Crippen LogP contribution in [-0.2, 0) is 16.6 Å². The molecule has 0 atom stereocenters. The third kappa shape index (κ3) is 8.11. The molecule has 0 bridgehead atoms. The van der Waals surface area contributed by atoms with E-state index in [1.807, 2.05) is 50.1 Å². The fraction of sp³-hybridized carbons (Fsp3) is 0.381. The Hall–Kier alpha value is -1.85. The lowest BCUT2D eigenvalue weighted by Gasteiger charge is -2.22. The molecule has 0 fully saturated rings. The van der Waals surface area contributed by atoms with Crippen LogP contribution in [0, 0.1) is 6.92 Å². The molecule has 0 spiro atoms. The molecule has 2 aromatic carbocycles. The molecular formula is C21H31IN4O3S. The topological polar surface area (TPSA) is 83.0 Å². The van der Waals surface area contributed by atoms with E-state index in [0.29, 0.717) is 25.7 Å². The van der Waals surface area contributed by atoms with Crippen molar-refractivity contribution in [2.75, 3.05) is 33.8 Å². The number of rotatable bonds is 9. The summed E-state index contributed by atoms with van der Waals surface area (Å²) in [5.74, 6) is 1.54. The second-order valence-corrected chi connectivity index (χ2v) is 8.38. The number of benzene rings is 2. The van der Waals surface area contributed by atoms with Gasteiger partial charge in [0, 0.05) is 33.7 Å². The summed E-state index contributed by atoms with van der Waals surface area (Å²) in [7, 11) is 0.120.